The van der Waals surface area contributed by atoms with Crippen LogP contribution in [0.5, 0.6) is 0 Å². The van der Waals surface area contributed by atoms with E-state index >= 15 is 0 Å². The van der Waals surface area contributed by atoms with Crippen molar-refractivity contribution >= 4 is 27.3 Å². The lowest BCUT2D eigenvalue weighted by Gasteiger charge is -2.13. The summed E-state index contributed by atoms with van der Waals surface area (Å²) in [5.41, 5.74) is 3.24. The van der Waals surface area contributed by atoms with E-state index in [1.54, 1.807) is 11.3 Å². The molecule has 2 aromatic rings. The molecule has 1 heterocycles. The highest BCUT2D eigenvalue weighted by Crippen LogP contribution is 2.31. The molecule has 0 aliphatic rings. The summed E-state index contributed by atoms with van der Waals surface area (Å²) in [6.45, 7) is 4.05. The minimum absolute atomic E-state index is 0.506. The molecule has 3 heteroatoms. The minimum Gasteiger partial charge on any atom is -0.383 e. The van der Waals surface area contributed by atoms with Crippen LogP contribution >= 0.6 is 27.3 Å². The van der Waals surface area contributed by atoms with E-state index in [0.29, 0.717) is 0 Å². The molecule has 1 aromatic heterocycles. The van der Waals surface area contributed by atoms with E-state index in [9.17, 15) is 5.11 Å². The van der Waals surface area contributed by atoms with Crippen LogP contribution in [0.3, 0.4) is 0 Å². The van der Waals surface area contributed by atoms with Crippen molar-refractivity contribution in [3.63, 3.8) is 0 Å². The fourth-order valence-corrected chi connectivity index (χ4v) is 3.16. The molecule has 1 unspecified atom stereocenters. The summed E-state index contributed by atoms with van der Waals surface area (Å²) in [6.07, 6.45) is -0.506. The fraction of sp³-hybridized carbons (Fsp3) is 0.231. The van der Waals surface area contributed by atoms with Gasteiger partial charge in [0.25, 0.3) is 0 Å². The third-order valence-corrected chi connectivity index (χ3v) is 4.24. The minimum atomic E-state index is -0.506. The van der Waals surface area contributed by atoms with E-state index in [0.717, 1.165) is 26.0 Å². The molecule has 1 nitrogen and oxygen atoms in total. The van der Waals surface area contributed by atoms with E-state index in [1.165, 1.54) is 0 Å². The first-order chi connectivity index (χ1) is 7.59. The van der Waals surface area contributed by atoms with E-state index in [2.05, 4.69) is 15.9 Å². The molecule has 0 amide bonds. The van der Waals surface area contributed by atoms with Crippen LogP contribution in [0.25, 0.3) is 0 Å². The van der Waals surface area contributed by atoms with Crippen LogP contribution in [0.1, 0.15) is 27.7 Å². The van der Waals surface area contributed by atoms with Gasteiger partial charge in [-0.3, -0.25) is 0 Å². The van der Waals surface area contributed by atoms with Gasteiger partial charge in [-0.1, -0.05) is 22.0 Å². The van der Waals surface area contributed by atoms with E-state index in [4.69, 9.17) is 0 Å². The Bertz CT molecular complexity index is 504. The molecule has 0 aliphatic carbocycles. The highest BCUT2D eigenvalue weighted by molar-refractivity contribution is 9.10. The van der Waals surface area contributed by atoms with Crippen molar-refractivity contribution in [3.05, 3.63) is 55.7 Å². The summed E-state index contributed by atoms with van der Waals surface area (Å²) < 4.78 is 1.05. The van der Waals surface area contributed by atoms with Gasteiger partial charge < -0.3 is 5.11 Å². The van der Waals surface area contributed by atoms with Crippen molar-refractivity contribution in [1.29, 1.82) is 0 Å². The van der Waals surface area contributed by atoms with Crippen molar-refractivity contribution in [2.45, 2.75) is 20.0 Å². The van der Waals surface area contributed by atoms with Gasteiger partial charge >= 0.3 is 0 Å². The van der Waals surface area contributed by atoms with Crippen LogP contribution in [0.15, 0.2) is 34.1 Å². The van der Waals surface area contributed by atoms with Gasteiger partial charge in [-0.25, -0.2) is 0 Å². The molecule has 1 N–H and O–H groups in total. The van der Waals surface area contributed by atoms with Gasteiger partial charge in [-0.2, -0.15) is 0 Å². The Hall–Kier alpha value is -0.640. The lowest BCUT2D eigenvalue weighted by atomic mass is 10.0. The second-order valence-corrected chi connectivity index (χ2v) is 5.73. The van der Waals surface area contributed by atoms with Crippen molar-refractivity contribution in [1.82, 2.24) is 0 Å². The summed E-state index contributed by atoms with van der Waals surface area (Å²) in [4.78, 5) is 1.03. The Labute approximate surface area is 108 Å². The molecule has 0 saturated carbocycles. The monoisotopic (exact) mass is 296 g/mol. The number of rotatable bonds is 2. The molecule has 1 aromatic carbocycles. The maximum atomic E-state index is 10.3. The van der Waals surface area contributed by atoms with E-state index in [-0.39, 0.29) is 0 Å². The molecule has 0 radical (unpaired) electrons. The molecule has 84 valence electrons. The molecule has 0 saturated heterocycles. The van der Waals surface area contributed by atoms with Gasteiger partial charge in [0.1, 0.15) is 6.10 Å². The number of thiophene rings is 1. The molecule has 1 atom stereocenters. The fourth-order valence-electron chi connectivity index (χ4n) is 1.75. The predicted octanol–water partition coefficient (Wildman–Crippen LogP) is 4.21. The number of benzene rings is 1. The van der Waals surface area contributed by atoms with Gasteiger partial charge in [0.2, 0.25) is 0 Å². The Kier molecular flexibility index (Phi) is 3.47. The lowest BCUT2D eigenvalue weighted by molar-refractivity contribution is 0.222. The zero-order valence-electron chi connectivity index (χ0n) is 9.20. The third kappa shape index (κ3) is 2.21. The highest BCUT2D eigenvalue weighted by Gasteiger charge is 2.16. The van der Waals surface area contributed by atoms with Crippen molar-refractivity contribution < 1.29 is 5.11 Å². The summed E-state index contributed by atoms with van der Waals surface area (Å²) in [6, 6.07) is 8.01. The van der Waals surface area contributed by atoms with Crippen molar-refractivity contribution in [3.8, 4) is 0 Å². The van der Waals surface area contributed by atoms with Crippen LogP contribution in [-0.2, 0) is 0 Å². The molecule has 0 spiro atoms. The number of halogens is 1. The van der Waals surface area contributed by atoms with Crippen LogP contribution in [-0.4, -0.2) is 5.11 Å². The third-order valence-electron chi connectivity index (χ3n) is 2.68. The second kappa shape index (κ2) is 4.70. The average Bonchev–Trinajstić information content (AvgIpc) is 2.63. The SMILES string of the molecule is Cc1cc(Br)ccc1C(O)c1sccc1C. The Morgan fingerprint density at radius 3 is 2.50 bits per heavy atom. The molecule has 0 aliphatic heterocycles. The lowest BCUT2D eigenvalue weighted by Crippen LogP contribution is -2.01. The first-order valence-electron chi connectivity index (χ1n) is 5.07. The number of aliphatic hydroxyl groups is 1. The summed E-state index contributed by atoms with van der Waals surface area (Å²) in [5, 5.41) is 12.3. The van der Waals surface area contributed by atoms with Gasteiger partial charge in [-0.15, -0.1) is 11.3 Å². The largest absolute Gasteiger partial charge is 0.383 e. The molecular weight excluding hydrogens is 284 g/mol. The van der Waals surface area contributed by atoms with Crippen LogP contribution in [0.4, 0.5) is 0 Å². The smallest absolute Gasteiger partial charge is 0.114 e. The van der Waals surface area contributed by atoms with Crippen molar-refractivity contribution in [2.24, 2.45) is 0 Å². The quantitative estimate of drug-likeness (QED) is 0.880. The molecule has 0 fully saturated rings. The van der Waals surface area contributed by atoms with E-state index < -0.39 is 6.10 Å². The predicted molar refractivity (Wildman–Crippen MR) is 72.0 cm³/mol. The highest BCUT2D eigenvalue weighted by atomic mass is 79.9. The van der Waals surface area contributed by atoms with Crippen LogP contribution in [0.2, 0.25) is 0 Å². The average molecular weight is 297 g/mol. The summed E-state index contributed by atoms with van der Waals surface area (Å²) >= 11 is 5.03. The first kappa shape index (κ1) is 11.8. The number of aliphatic hydroxyl groups excluding tert-OH is 1. The Morgan fingerprint density at radius 1 is 1.19 bits per heavy atom. The standard InChI is InChI=1S/C13H13BrOS/c1-8-5-6-16-13(8)12(15)11-4-3-10(14)7-9(11)2/h3-7,12,15H,1-2H3. The van der Waals surface area contributed by atoms with E-state index in [1.807, 2.05) is 43.5 Å². The normalized spacial score (nSPS) is 12.8. The summed E-state index contributed by atoms with van der Waals surface area (Å²) in [7, 11) is 0. The first-order valence-corrected chi connectivity index (χ1v) is 6.75. The zero-order valence-corrected chi connectivity index (χ0v) is 11.6. The number of hydrogen-bond donors (Lipinski definition) is 1. The topological polar surface area (TPSA) is 20.2 Å². The molecule has 0 bridgehead atoms. The zero-order chi connectivity index (χ0) is 11.7. The van der Waals surface area contributed by atoms with Crippen LogP contribution in [0, 0.1) is 13.8 Å². The maximum Gasteiger partial charge on any atom is 0.114 e. The van der Waals surface area contributed by atoms with Gasteiger partial charge in [0.15, 0.2) is 0 Å². The Balaban J connectivity index is 2.41. The van der Waals surface area contributed by atoms with Gasteiger partial charge in [-0.05, 0) is 54.1 Å². The van der Waals surface area contributed by atoms with Crippen molar-refractivity contribution in [2.75, 3.05) is 0 Å². The van der Waals surface area contributed by atoms with Crippen LogP contribution < -0.4 is 0 Å². The number of aryl methyl sites for hydroxylation is 2. The van der Waals surface area contributed by atoms with Gasteiger partial charge in [0, 0.05) is 9.35 Å². The summed E-state index contributed by atoms with van der Waals surface area (Å²) in [5.74, 6) is 0. The maximum absolute atomic E-state index is 10.3. The van der Waals surface area contributed by atoms with Gasteiger partial charge in [0.05, 0.1) is 0 Å². The molecule has 2 rings (SSSR count). The second-order valence-electron chi connectivity index (χ2n) is 3.87. The molecule has 16 heavy (non-hydrogen) atoms. The Morgan fingerprint density at radius 2 is 1.94 bits per heavy atom. The number of hydrogen-bond acceptors (Lipinski definition) is 2. The molecular formula is C13H13BrOS.